The lowest BCUT2D eigenvalue weighted by Gasteiger charge is -1.92. The molecule has 1 fully saturated rings. The summed E-state index contributed by atoms with van der Waals surface area (Å²) in [5.74, 6) is 0. The predicted octanol–water partition coefficient (Wildman–Crippen LogP) is 2.45. The minimum Gasteiger partial charge on any atom is -0.297 e. The minimum absolute atomic E-state index is 0.935. The van der Waals surface area contributed by atoms with Gasteiger partial charge < -0.3 is 0 Å². The highest BCUT2D eigenvalue weighted by Gasteiger charge is 2.09. The third-order valence-electron chi connectivity index (χ3n) is 1.65. The molecule has 2 heteroatoms. The molecular formula is C7H9IO. The van der Waals surface area contributed by atoms with Crippen LogP contribution in [0, 0.1) is 0 Å². The third kappa shape index (κ3) is 1.78. The zero-order valence-electron chi connectivity index (χ0n) is 5.19. The molecular weight excluding hydrogens is 227 g/mol. The van der Waals surface area contributed by atoms with Crippen LogP contribution in [0.25, 0.3) is 0 Å². The second-order valence-corrected chi connectivity index (χ2v) is 3.44. The van der Waals surface area contributed by atoms with Crippen molar-refractivity contribution in [2.75, 3.05) is 0 Å². The van der Waals surface area contributed by atoms with Crippen LogP contribution in [-0.2, 0) is 4.79 Å². The lowest BCUT2D eigenvalue weighted by molar-refractivity contribution is -0.104. The standard InChI is InChI=1S/C7H9IO/c8-7(5-9)6-3-1-2-4-6/h5H,1-4H2. The van der Waals surface area contributed by atoms with Gasteiger partial charge in [0, 0.05) is 0 Å². The molecule has 1 aliphatic rings. The summed E-state index contributed by atoms with van der Waals surface area (Å²) < 4.78 is 0.935. The minimum atomic E-state index is 0.935. The summed E-state index contributed by atoms with van der Waals surface area (Å²) in [6, 6.07) is 0. The molecule has 0 atom stereocenters. The number of allylic oxidation sites excluding steroid dienone is 2. The number of hydrogen-bond donors (Lipinski definition) is 0. The fourth-order valence-electron chi connectivity index (χ4n) is 1.12. The topological polar surface area (TPSA) is 17.1 Å². The van der Waals surface area contributed by atoms with Gasteiger partial charge >= 0.3 is 0 Å². The Morgan fingerprint density at radius 1 is 1.44 bits per heavy atom. The first kappa shape index (κ1) is 7.25. The molecule has 0 bridgehead atoms. The molecule has 9 heavy (non-hydrogen) atoms. The van der Waals surface area contributed by atoms with E-state index in [0.717, 1.165) is 22.7 Å². The Balaban J connectivity index is 2.66. The number of halogens is 1. The van der Waals surface area contributed by atoms with Crippen molar-refractivity contribution in [1.29, 1.82) is 0 Å². The molecule has 0 amide bonds. The van der Waals surface area contributed by atoms with E-state index in [1.165, 1.54) is 18.4 Å². The van der Waals surface area contributed by atoms with E-state index in [0.29, 0.717) is 0 Å². The molecule has 50 valence electrons. The molecule has 1 nitrogen and oxygen atoms in total. The highest BCUT2D eigenvalue weighted by Crippen LogP contribution is 2.28. The number of rotatable bonds is 1. The first-order valence-corrected chi connectivity index (χ1v) is 4.25. The summed E-state index contributed by atoms with van der Waals surface area (Å²) in [6.45, 7) is 0. The van der Waals surface area contributed by atoms with Gasteiger partial charge in [-0.3, -0.25) is 4.79 Å². The SMILES string of the molecule is O=CC(I)=C1CCCC1. The number of carbonyl (C=O) groups is 1. The van der Waals surface area contributed by atoms with Crippen LogP contribution in [-0.4, -0.2) is 6.29 Å². The van der Waals surface area contributed by atoms with Crippen molar-refractivity contribution < 1.29 is 4.79 Å². The van der Waals surface area contributed by atoms with Crippen molar-refractivity contribution in [3.05, 3.63) is 9.15 Å². The van der Waals surface area contributed by atoms with E-state index in [2.05, 4.69) is 22.6 Å². The van der Waals surface area contributed by atoms with Crippen molar-refractivity contribution in [1.82, 2.24) is 0 Å². The highest BCUT2D eigenvalue weighted by molar-refractivity contribution is 14.1. The maximum Gasteiger partial charge on any atom is 0.156 e. The number of aldehydes is 1. The Hall–Kier alpha value is 0.140. The molecule has 0 saturated heterocycles. The molecule has 1 aliphatic carbocycles. The van der Waals surface area contributed by atoms with Crippen LogP contribution in [0.4, 0.5) is 0 Å². The third-order valence-corrected chi connectivity index (χ3v) is 2.67. The molecule has 1 rings (SSSR count). The Kier molecular flexibility index (Phi) is 2.69. The molecule has 0 spiro atoms. The smallest absolute Gasteiger partial charge is 0.156 e. The van der Waals surface area contributed by atoms with Gasteiger partial charge in [-0.2, -0.15) is 0 Å². The number of carbonyl (C=O) groups excluding carboxylic acids is 1. The molecule has 0 aromatic rings. The van der Waals surface area contributed by atoms with Crippen molar-refractivity contribution in [3.63, 3.8) is 0 Å². The van der Waals surface area contributed by atoms with Gasteiger partial charge in [0.05, 0.1) is 3.58 Å². The maximum absolute atomic E-state index is 10.2. The van der Waals surface area contributed by atoms with Crippen molar-refractivity contribution in [2.45, 2.75) is 25.7 Å². The molecule has 1 saturated carbocycles. The van der Waals surface area contributed by atoms with E-state index in [-0.39, 0.29) is 0 Å². The first-order valence-electron chi connectivity index (χ1n) is 3.17. The van der Waals surface area contributed by atoms with Gasteiger partial charge in [0.15, 0.2) is 6.29 Å². The van der Waals surface area contributed by atoms with Gasteiger partial charge in [0.1, 0.15) is 0 Å². The van der Waals surface area contributed by atoms with E-state index in [9.17, 15) is 4.79 Å². The van der Waals surface area contributed by atoms with Crippen molar-refractivity contribution >= 4 is 28.9 Å². The van der Waals surface area contributed by atoms with Gasteiger partial charge in [-0.05, 0) is 48.3 Å². The second kappa shape index (κ2) is 3.34. The quantitative estimate of drug-likeness (QED) is 0.388. The largest absolute Gasteiger partial charge is 0.297 e. The predicted molar refractivity (Wildman–Crippen MR) is 45.6 cm³/mol. The van der Waals surface area contributed by atoms with Crippen LogP contribution in [0.5, 0.6) is 0 Å². The molecule has 0 heterocycles. The van der Waals surface area contributed by atoms with Gasteiger partial charge in [0.2, 0.25) is 0 Å². The van der Waals surface area contributed by atoms with Crippen LogP contribution in [0.1, 0.15) is 25.7 Å². The summed E-state index contributed by atoms with van der Waals surface area (Å²) >= 11 is 2.12. The van der Waals surface area contributed by atoms with Gasteiger partial charge in [0.25, 0.3) is 0 Å². The summed E-state index contributed by atoms with van der Waals surface area (Å²) in [4.78, 5) is 10.2. The Morgan fingerprint density at radius 2 is 2.00 bits per heavy atom. The summed E-state index contributed by atoms with van der Waals surface area (Å²) in [5, 5.41) is 0. The monoisotopic (exact) mass is 236 g/mol. The molecule has 0 aliphatic heterocycles. The zero-order chi connectivity index (χ0) is 6.69. The molecule has 0 N–H and O–H groups in total. The Labute approximate surface area is 68.7 Å². The van der Waals surface area contributed by atoms with Crippen LogP contribution in [0.3, 0.4) is 0 Å². The van der Waals surface area contributed by atoms with E-state index in [1.807, 2.05) is 0 Å². The van der Waals surface area contributed by atoms with Crippen molar-refractivity contribution in [3.8, 4) is 0 Å². The van der Waals surface area contributed by atoms with Crippen LogP contribution >= 0.6 is 22.6 Å². The molecule has 0 radical (unpaired) electrons. The van der Waals surface area contributed by atoms with Crippen molar-refractivity contribution in [2.24, 2.45) is 0 Å². The summed E-state index contributed by atoms with van der Waals surface area (Å²) in [5.41, 5.74) is 1.37. The lowest BCUT2D eigenvalue weighted by atomic mass is 10.2. The normalized spacial score (nSPS) is 18.1. The van der Waals surface area contributed by atoms with E-state index in [1.54, 1.807) is 0 Å². The second-order valence-electron chi connectivity index (χ2n) is 2.28. The molecule has 0 unspecified atom stereocenters. The van der Waals surface area contributed by atoms with Gasteiger partial charge in [-0.15, -0.1) is 0 Å². The molecule has 0 aromatic carbocycles. The molecule has 0 aromatic heterocycles. The van der Waals surface area contributed by atoms with E-state index < -0.39 is 0 Å². The van der Waals surface area contributed by atoms with Crippen LogP contribution in [0.15, 0.2) is 9.15 Å². The number of hydrogen-bond acceptors (Lipinski definition) is 1. The maximum atomic E-state index is 10.2. The van der Waals surface area contributed by atoms with E-state index in [4.69, 9.17) is 0 Å². The zero-order valence-corrected chi connectivity index (χ0v) is 7.35. The highest BCUT2D eigenvalue weighted by atomic mass is 127. The fourth-order valence-corrected chi connectivity index (χ4v) is 1.66. The average Bonchev–Trinajstić information content (AvgIpc) is 2.37. The van der Waals surface area contributed by atoms with Crippen LogP contribution in [0.2, 0.25) is 0 Å². The fraction of sp³-hybridized carbons (Fsp3) is 0.571. The van der Waals surface area contributed by atoms with E-state index >= 15 is 0 Å². The summed E-state index contributed by atoms with van der Waals surface area (Å²) in [7, 11) is 0. The first-order chi connectivity index (χ1) is 4.34. The van der Waals surface area contributed by atoms with Gasteiger partial charge in [-0.25, -0.2) is 0 Å². The van der Waals surface area contributed by atoms with Gasteiger partial charge in [-0.1, -0.05) is 5.57 Å². The average molecular weight is 236 g/mol. The Morgan fingerprint density at radius 3 is 2.44 bits per heavy atom. The van der Waals surface area contributed by atoms with Crippen LogP contribution < -0.4 is 0 Å². The Bertz CT molecular complexity index is 141. The lowest BCUT2D eigenvalue weighted by Crippen LogP contribution is -1.78. The summed E-state index contributed by atoms with van der Waals surface area (Å²) in [6.07, 6.45) is 5.81.